The van der Waals surface area contributed by atoms with Gasteiger partial charge in [0.25, 0.3) is 5.56 Å². The molecule has 2 aromatic carbocycles. The number of piperidine rings is 1. The Hall–Kier alpha value is -3.61. The Labute approximate surface area is 194 Å². The molecule has 2 heterocycles. The highest BCUT2D eigenvalue weighted by molar-refractivity contribution is 5.79. The van der Waals surface area contributed by atoms with Crippen LogP contribution in [0.1, 0.15) is 30.9 Å². The largest absolute Gasteiger partial charge is 0.496 e. The Morgan fingerprint density at radius 2 is 1.91 bits per heavy atom. The molecule has 7 nitrogen and oxygen atoms in total. The Kier molecular flexibility index (Phi) is 7.07. The normalized spacial score (nSPS) is 15.8. The lowest BCUT2D eigenvalue weighted by molar-refractivity contribution is -0.125. The van der Waals surface area contributed by atoms with Gasteiger partial charge in [-0.15, -0.1) is 5.10 Å². The number of para-hydroxylation sites is 1. The molecule has 1 unspecified atom stereocenters. The zero-order valence-electron chi connectivity index (χ0n) is 19.2. The molecular weight excluding hydrogens is 416 g/mol. The number of hydrogen-bond acceptors (Lipinski definition) is 5. The highest BCUT2D eigenvalue weighted by Crippen LogP contribution is 2.22. The van der Waals surface area contributed by atoms with Crippen molar-refractivity contribution in [3.8, 4) is 11.4 Å². The number of benzene rings is 2. The van der Waals surface area contributed by atoms with Crippen LogP contribution in [0.25, 0.3) is 5.69 Å². The molecule has 0 aliphatic carbocycles. The highest BCUT2D eigenvalue weighted by Gasteiger charge is 2.27. The van der Waals surface area contributed by atoms with E-state index in [1.54, 1.807) is 19.2 Å². The van der Waals surface area contributed by atoms with Crippen LogP contribution >= 0.6 is 0 Å². The number of nitrogens with zero attached hydrogens (tertiary/aromatic N) is 3. The maximum Gasteiger partial charge on any atom is 0.271 e. The molecule has 1 atom stereocenters. The first-order valence-corrected chi connectivity index (χ1v) is 11.4. The first-order valence-electron chi connectivity index (χ1n) is 11.4. The Morgan fingerprint density at radius 1 is 1.12 bits per heavy atom. The Morgan fingerprint density at radius 3 is 2.67 bits per heavy atom. The van der Waals surface area contributed by atoms with E-state index < -0.39 is 0 Å². The highest BCUT2D eigenvalue weighted by atomic mass is 16.5. The second-order valence-corrected chi connectivity index (χ2v) is 8.28. The molecule has 33 heavy (non-hydrogen) atoms. The minimum atomic E-state index is -0.175. The van der Waals surface area contributed by atoms with Crippen LogP contribution in [0.3, 0.4) is 0 Å². The van der Waals surface area contributed by atoms with Crippen LogP contribution in [0.4, 0.5) is 5.82 Å². The lowest BCUT2D eigenvalue weighted by atomic mass is 9.97. The van der Waals surface area contributed by atoms with Gasteiger partial charge in [0.2, 0.25) is 5.91 Å². The van der Waals surface area contributed by atoms with Gasteiger partial charge < -0.3 is 15.0 Å². The number of carbonyl (C=O) groups is 1. The lowest BCUT2D eigenvalue weighted by Gasteiger charge is -2.33. The van der Waals surface area contributed by atoms with Gasteiger partial charge in [0.1, 0.15) is 11.6 Å². The molecule has 3 aromatic rings. The van der Waals surface area contributed by atoms with E-state index >= 15 is 0 Å². The summed E-state index contributed by atoms with van der Waals surface area (Å²) in [4.78, 5) is 27.4. The lowest BCUT2D eigenvalue weighted by Crippen LogP contribution is -2.43. The van der Waals surface area contributed by atoms with Gasteiger partial charge in [-0.25, -0.2) is 0 Å². The number of methoxy groups -OCH3 is 1. The quantitative estimate of drug-likeness (QED) is 0.602. The summed E-state index contributed by atoms with van der Waals surface area (Å²) in [5, 5.41) is 7.66. The second-order valence-electron chi connectivity index (χ2n) is 8.28. The average molecular weight is 447 g/mol. The minimum Gasteiger partial charge on any atom is -0.496 e. The molecular formula is C26H30N4O3. The molecule has 0 spiro atoms. The zero-order chi connectivity index (χ0) is 23.2. The maximum absolute atomic E-state index is 12.9. The molecule has 7 heteroatoms. The number of aromatic nitrogens is 2. The molecule has 1 amide bonds. The van der Waals surface area contributed by atoms with Crippen molar-refractivity contribution in [2.45, 2.75) is 32.7 Å². The minimum absolute atomic E-state index is 0.0223. The van der Waals surface area contributed by atoms with Crippen LogP contribution in [0.15, 0.2) is 65.5 Å². The van der Waals surface area contributed by atoms with Gasteiger partial charge in [-0.3, -0.25) is 9.59 Å². The molecule has 0 bridgehead atoms. The predicted molar refractivity (Wildman–Crippen MR) is 129 cm³/mol. The van der Waals surface area contributed by atoms with Crippen molar-refractivity contribution in [3.63, 3.8) is 0 Å². The van der Waals surface area contributed by atoms with Crippen LogP contribution in [0, 0.1) is 5.92 Å². The number of hydrogen-bond donors (Lipinski definition) is 1. The fourth-order valence-corrected chi connectivity index (χ4v) is 4.20. The number of rotatable bonds is 7. The van der Waals surface area contributed by atoms with E-state index in [-0.39, 0.29) is 17.4 Å². The van der Waals surface area contributed by atoms with Crippen molar-refractivity contribution >= 4 is 11.7 Å². The van der Waals surface area contributed by atoms with Crippen LogP contribution < -0.4 is 20.5 Å². The summed E-state index contributed by atoms with van der Waals surface area (Å²) in [6, 6.07) is 18.8. The summed E-state index contributed by atoms with van der Waals surface area (Å²) in [6.45, 7) is 3.89. The summed E-state index contributed by atoms with van der Waals surface area (Å²) >= 11 is 0. The smallest absolute Gasteiger partial charge is 0.271 e. The fourth-order valence-electron chi connectivity index (χ4n) is 4.20. The van der Waals surface area contributed by atoms with Crippen LogP contribution in [-0.4, -0.2) is 35.9 Å². The van der Waals surface area contributed by atoms with Gasteiger partial charge in [0.05, 0.1) is 18.7 Å². The molecule has 0 radical (unpaired) electrons. The molecule has 1 fully saturated rings. The summed E-state index contributed by atoms with van der Waals surface area (Å²) < 4.78 is 6.80. The first kappa shape index (κ1) is 22.6. The Balaban J connectivity index is 1.45. The van der Waals surface area contributed by atoms with Crippen LogP contribution in [0.2, 0.25) is 0 Å². The van der Waals surface area contributed by atoms with Crippen molar-refractivity contribution in [1.82, 2.24) is 15.1 Å². The van der Waals surface area contributed by atoms with Gasteiger partial charge in [-0.2, -0.15) is 4.68 Å². The van der Waals surface area contributed by atoms with Gasteiger partial charge >= 0.3 is 0 Å². The summed E-state index contributed by atoms with van der Waals surface area (Å²) in [5.74, 6) is 1.35. The van der Waals surface area contributed by atoms with Crippen LogP contribution in [-0.2, 0) is 17.8 Å². The monoisotopic (exact) mass is 446 g/mol. The number of ether oxygens (including phenoxy) is 1. The molecule has 1 saturated heterocycles. The van der Waals surface area contributed by atoms with E-state index in [1.807, 2.05) is 48.5 Å². The average Bonchev–Trinajstić information content (AvgIpc) is 2.88. The molecule has 1 N–H and O–H groups in total. The molecule has 1 aliphatic rings. The van der Waals surface area contributed by atoms with E-state index in [1.165, 1.54) is 10.2 Å². The van der Waals surface area contributed by atoms with Crippen molar-refractivity contribution < 1.29 is 9.53 Å². The van der Waals surface area contributed by atoms with Crippen molar-refractivity contribution in [2.24, 2.45) is 5.92 Å². The second kappa shape index (κ2) is 10.3. The fraction of sp³-hybridized carbons (Fsp3) is 0.346. The van der Waals surface area contributed by atoms with E-state index in [0.717, 1.165) is 42.8 Å². The summed E-state index contributed by atoms with van der Waals surface area (Å²) in [7, 11) is 1.63. The number of anilines is 1. The molecule has 4 rings (SSSR count). The first-order chi connectivity index (χ1) is 16.1. The van der Waals surface area contributed by atoms with Crippen molar-refractivity contribution in [3.05, 3.63) is 82.1 Å². The standard InChI is InChI=1S/C26H30N4O3/c1-3-19-10-12-22(13-11-19)30-25(31)15-14-24(28-30)29-16-6-8-21(18-29)26(32)27-17-20-7-4-5-9-23(20)33-2/h4-5,7,9-15,21H,3,6,8,16-18H2,1-2H3,(H,27,32). The van der Waals surface area contributed by atoms with E-state index in [9.17, 15) is 9.59 Å². The van der Waals surface area contributed by atoms with Gasteiger partial charge in [-0.1, -0.05) is 37.3 Å². The number of aryl methyl sites for hydroxylation is 1. The molecule has 1 aromatic heterocycles. The van der Waals surface area contributed by atoms with Gasteiger partial charge in [0, 0.05) is 31.3 Å². The van der Waals surface area contributed by atoms with Gasteiger partial charge in [-0.05, 0) is 49.1 Å². The van der Waals surface area contributed by atoms with Crippen LogP contribution in [0.5, 0.6) is 5.75 Å². The molecule has 0 saturated carbocycles. The molecule has 172 valence electrons. The molecule has 1 aliphatic heterocycles. The Bertz CT molecular complexity index is 1160. The van der Waals surface area contributed by atoms with Crippen molar-refractivity contribution in [2.75, 3.05) is 25.1 Å². The third-order valence-electron chi connectivity index (χ3n) is 6.14. The zero-order valence-corrected chi connectivity index (χ0v) is 19.2. The number of nitrogens with one attached hydrogen (secondary N) is 1. The van der Waals surface area contributed by atoms with E-state index in [0.29, 0.717) is 18.9 Å². The van der Waals surface area contributed by atoms with E-state index in [4.69, 9.17) is 4.74 Å². The number of carbonyl (C=O) groups excluding carboxylic acids is 1. The maximum atomic E-state index is 12.9. The van der Waals surface area contributed by atoms with Crippen molar-refractivity contribution in [1.29, 1.82) is 0 Å². The third kappa shape index (κ3) is 5.25. The summed E-state index contributed by atoms with van der Waals surface area (Å²) in [6.07, 6.45) is 2.65. The summed E-state index contributed by atoms with van der Waals surface area (Å²) in [5.41, 5.74) is 2.72. The SMILES string of the molecule is CCc1ccc(-n2nc(N3CCCC(C(=O)NCc4ccccc4OC)C3)ccc2=O)cc1. The van der Waals surface area contributed by atoms with Gasteiger partial charge in [0.15, 0.2) is 0 Å². The predicted octanol–water partition coefficient (Wildman–Crippen LogP) is 3.34. The topological polar surface area (TPSA) is 76.5 Å². The number of amides is 1. The van der Waals surface area contributed by atoms with E-state index in [2.05, 4.69) is 22.2 Å². The third-order valence-corrected chi connectivity index (χ3v) is 6.14.